The van der Waals surface area contributed by atoms with Gasteiger partial charge < -0.3 is 9.47 Å². The standard InChI is InChI=1S/C17H26O2S/c1-12(2)14-7-6-13(3)9-17(14)10-18-16(19-11-17)15-5-4-8-20-15/h4-5,8,12-14,16H,6-7,9-11H2,1-3H3/t13-,14+,16?,17?/m1/s1. The Morgan fingerprint density at radius 1 is 1.25 bits per heavy atom. The number of hydrogen-bond donors (Lipinski definition) is 0. The highest BCUT2D eigenvalue weighted by Crippen LogP contribution is 2.50. The van der Waals surface area contributed by atoms with Gasteiger partial charge in [-0.15, -0.1) is 11.3 Å². The molecule has 1 aromatic rings. The van der Waals surface area contributed by atoms with E-state index >= 15 is 0 Å². The lowest BCUT2D eigenvalue weighted by Gasteiger charge is -2.51. The first-order chi connectivity index (χ1) is 9.61. The Kier molecular flexibility index (Phi) is 4.21. The largest absolute Gasteiger partial charge is 0.347 e. The minimum absolute atomic E-state index is 0.134. The van der Waals surface area contributed by atoms with Gasteiger partial charge in [-0.1, -0.05) is 33.3 Å². The molecule has 2 fully saturated rings. The molecule has 2 aliphatic rings. The van der Waals surface area contributed by atoms with Gasteiger partial charge in [-0.3, -0.25) is 0 Å². The van der Waals surface area contributed by atoms with E-state index in [4.69, 9.17) is 9.47 Å². The van der Waals surface area contributed by atoms with Crippen LogP contribution in [-0.4, -0.2) is 13.2 Å². The van der Waals surface area contributed by atoms with Gasteiger partial charge in [0, 0.05) is 5.41 Å². The molecule has 0 unspecified atom stereocenters. The van der Waals surface area contributed by atoms with Crippen LogP contribution in [-0.2, 0) is 9.47 Å². The number of rotatable bonds is 2. The lowest BCUT2D eigenvalue weighted by Crippen LogP contribution is -2.49. The zero-order chi connectivity index (χ0) is 14.2. The smallest absolute Gasteiger partial charge is 0.193 e. The molecule has 112 valence electrons. The van der Waals surface area contributed by atoms with Crippen molar-refractivity contribution in [2.45, 2.75) is 46.3 Å². The summed E-state index contributed by atoms with van der Waals surface area (Å²) in [4.78, 5) is 1.20. The fourth-order valence-corrected chi connectivity index (χ4v) is 4.97. The molecule has 3 rings (SSSR count). The number of thiophene rings is 1. The van der Waals surface area contributed by atoms with Crippen LogP contribution in [0.3, 0.4) is 0 Å². The normalized spacial score (nSPS) is 38.5. The van der Waals surface area contributed by atoms with Crippen LogP contribution < -0.4 is 0 Å². The minimum Gasteiger partial charge on any atom is -0.347 e. The molecule has 2 nitrogen and oxygen atoms in total. The highest BCUT2D eigenvalue weighted by atomic mass is 32.1. The Balaban J connectivity index is 1.72. The average molecular weight is 294 g/mol. The molecule has 0 bridgehead atoms. The van der Waals surface area contributed by atoms with Crippen molar-refractivity contribution in [1.82, 2.24) is 0 Å². The summed E-state index contributed by atoms with van der Waals surface area (Å²) in [6.45, 7) is 8.82. The van der Waals surface area contributed by atoms with E-state index < -0.39 is 0 Å². The van der Waals surface area contributed by atoms with Crippen LogP contribution in [0.15, 0.2) is 17.5 Å². The summed E-state index contributed by atoms with van der Waals surface area (Å²) in [5.74, 6) is 2.26. The van der Waals surface area contributed by atoms with E-state index in [-0.39, 0.29) is 11.7 Å². The Hall–Kier alpha value is -0.380. The van der Waals surface area contributed by atoms with Gasteiger partial charge in [0.25, 0.3) is 0 Å². The summed E-state index contributed by atoms with van der Waals surface area (Å²) in [6.07, 6.45) is 3.81. The molecule has 2 atom stereocenters. The number of ether oxygens (including phenoxy) is 2. The Labute approximate surface area is 126 Å². The SMILES string of the molecule is CC(C)[C@@H]1CC[C@@H](C)CC12COC(c1cccs1)OC2. The van der Waals surface area contributed by atoms with E-state index in [1.807, 2.05) is 0 Å². The van der Waals surface area contributed by atoms with Crippen molar-refractivity contribution in [1.29, 1.82) is 0 Å². The van der Waals surface area contributed by atoms with Crippen molar-refractivity contribution in [2.24, 2.45) is 23.2 Å². The zero-order valence-electron chi connectivity index (χ0n) is 12.8. The summed E-state index contributed by atoms with van der Waals surface area (Å²) in [5, 5.41) is 2.09. The van der Waals surface area contributed by atoms with Crippen LogP contribution in [0, 0.1) is 23.2 Å². The van der Waals surface area contributed by atoms with E-state index in [1.165, 1.54) is 24.1 Å². The summed E-state index contributed by atoms with van der Waals surface area (Å²) >= 11 is 1.72. The average Bonchev–Trinajstić information content (AvgIpc) is 2.93. The first-order valence-electron chi connectivity index (χ1n) is 7.87. The van der Waals surface area contributed by atoms with Crippen LogP contribution >= 0.6 is 11.3 Å². The molecule has 1 saturated carbocycles. The van der Waals surface area contributed by atoms with Crippen LogP contribution in [0.2, 0.25) is 0 Å². The van der Waals surface area contributed by atoms with Gasteiger partial charge >= 0.3 is 0 Å². The second-order valence-corrected chi connectivity index (χ2v) is 8.05. The van der Waals surface area contributed by atoms with Gasteiger partial charge in [-0.25, -0.2) is 0 Å². The first-order valence-corrected chi connectivity index (χ1v) is 8.75. The van der Waals surface area contributed by atoms with Crippen LogP contribution in [0.4, 0.5) is 0 Å². The fourth-order valence-electron chi connectivity index (χ4n) is 4.25. The minimum atomic E-state index is -0.134. The van der Waals surface area contributed by atoms with E-state index in [1.54, 1.807) is 11.3 Å². The monoisotopic (exact) mass is 294 g/mol. The van der Waals surface area contributed by atoms with E-state index in [2.05, 4.69) is 38.3 Å². The molecule has 0 amide bonds. The topological polar surface area (TPSA) is 18.5 Å². The molecule has 2 heterocycles. The Morgan fingerprint density at radius 3 is 2.60 bits per heavy atom. The van der Waals surface area contributed by atoms with Crippen LogP contribution in [0.25, 0.3) is 0 Å². The third-order valence-electron chi connectivity index (χ3n) is 5.14. The predicted octanol–water partition coefficient (Wildman–Crippen LogP) is 4.87. The molecule has 1 spiro atoms. The van der Waals surface area contributed by atoms with E-state index in [0.29, 0.717) is 5.92 Å². The molecule has 1 aliphatic heterocycles. The molecule has 1 aliphatic carbocycles. The highest BCUT2D eigenvalue weighted by molar-refractivity contribution is 7.10. The maximum Gasteiger partial charge on any atom is 0.193 e. The van der Waals surface area contributed by atoms with Crippen LogP contribution in [0.1, 0.15) is 51.2 Å². The maximum atomic E-state index is 6.13. The Morgan fingerprint density at radius 2 is 2.00 bits per heavy atom. The molecule has 1 aromatic heterocycles. The van der Waals surface area contributed by atoms with Gasteiger partial charge in [0.2, 0.25) is 0 Å². The summed E-state index contributed by atoms with van der Waals surface area (Å²) in [6, 6.07) is 4.17. The lowest BCUT2D eigenvalue weighted by molar-refractivity contribution is -0.257. The third kappa shape index (κ3) is 2.68. The van der Waals surface area contributed by atoms with Gasteiger partial charge in [-0.2, -0.15) is 0 Å². The summed E-state index contributed by atoms with van der Waals surface area (Å²) in [5.41, 5.74) is 0.250. The molecule has 3 heteroatoms. The Bertz CT molecular complexity index is 418. The van der Waals surface area contributed by atoms with Crippen molar-refractivity contribution < 1.29 is 9.47 Å². The number of hydrogen-bond acceptors (Lipinski definition) is 3. The predicted molar refractivity (Wildman–Crippen MR) is 82.7 cm³/mol. The molecular formula is C17H26O2S. The van der Waals surface area contributed by atoms with Crippen molar-refractivity contribution in [3.05, 3.63) is 22.4 Å². The van der Waals surface area contributed by atoms with Gasteiger partial charge in [0.1, 0.15) is 0 Å². The molecule has 1 saturated heterocycles. The zero-order valence-corrected chi connectivity index (χ0v) is 13.6. The first kappa shape index (κ1) is 14.6. The fraction of sp³-hybridized carbons (Fsp3) is 0.765. The van der Waals surface area contributed by atoms with Gasteiger partial charge in [-0.05, 0) is 42.0 Å². The van der Waals surface area contributed by atoms with E-state index in [0.717, 1.165) is 25.0 Å². The third-order valence-corrected chi connectivity index (χ3v) is 6.03. The van der Waals surface area contributed by atoms with Crippen molar-refractivity contribution in [3.63, 3.8) is 0 Å². The molecular weight excluding hydrogens is 268 g/mol. The maximum absolute atomic E-state index is 6.13. The second kappa shape index (κ2) is 5.78. The van der Waals surface area contributed by atoms with Gasteiger partial charge in [0.15, 0.2) is 6.29 Å². The molecule has 0 aromatic carbocycles. The molecule has 0 N–H and O–H groups in total. The van der Waals surface area contributed by atoms with Crippen molar-refractivity contribution in [2.75, 3.05) is 13.2 Å². The lowest BCUT2D eigenvalue weighted by atomic mass is 9.60. The molecule has 0 radical (unpaired) electrons. The van der Waals surface area contributed by atoms with Crippen LogP contribution in [0.5, 0.6) is 0 Å². The summed E-state index contributed by atoms with van der Waals surface area (Å²) in [7, 11) is 0. The van der Waals surface area contributed by atoms with Gasteiger partial charge in [0.05, 0.1) is 18.1 Å². The quantitative estimate of drug-likeness (QED) is 0.774. The van der Waals surface area contributed by atoms with E-state index in [9.17, 15) is 0 Å². The van der Waals surface area contributed by atoms with Crippen molar-refractivity contribution in [3.8, 4) is 0 Å². The second-order valence-electron chi connectivity index (χ2n) is 7.07. The van der Waals surface area contributed by atoms with Crippen molar-refractivity contribution >= 4 is 11.3 Å². The summed E-state index contributed by atoms with van der Waals surface area (Å²) < 4.78 is 12.3. The highest BCUT2D eigenvalue weighted by Gasteiger charge is 2.47. The molecule has 20 heavy (non-hydrogen) atoms.